The molecule has 49 heavy (non-hydrogen) atoms. The van der Waals surface area contributed by atoms with Crippen LogP contribution in [0.15, 0.2) is 73.8 Å². The van der Waals surface area contributed by atoms with Crippen molar-refractivity contribution in [2.75, 3.05) is 23.7 Å². The molecule has 256 valence electrons. The van der Waals surface area contributed by atoms with Gasteiger partial charge in [-0.1, -0.05) is 24.3 Å². The molecule has 4 heterocycles. The maximum absolute atomic E-state index is 13.3. The van der Waals surface area contributed by atoms with Crippen molar-refractivity contribution in [3.05, 3.63) is 96.6 Å². The van der Waals surface area contributed by atoms with Crippen LogP contribution in [-0.4, -0.2) is 64.7 Å². The van der Waals surface area contributed by atoms with Gasteiger partial charge in [0.25, 0.3) is 0 Å². The van der Waals surface area contributed by atoms with Gasteiger partial charge in [-0.25, -0.2) is 43.5 Å². The van der Waals surface area contributed by atoms with Crippen LogP contribution in [0.1, 0.15) is 56.8 Å². The second-order valence-electron chi connectivity index (χ2n) is 12.0. The molecule has 6 aromatic rings. The number of ether oxygens (including phenoxy) is 1. The van der Waals surface area contributed by atoms with Crippen LogP contribution in [0, 0.1) is 11.6 Å². The summed E-state index contributed by atoms with van der Waals surface area (Å²) >= 11 is 0. The van der Waals surface area contributed by atoms with E-state index in [1.807, 2.05) is 0 Å². The number of nitrogens with two attached hydrogens (primary N) is 1. The number of alkyl carbamates (subject to hydrolysis) is 1. The number of rotatable bonds is 11. The number of anilines is 2. The molecule has 7 N–H and O–H groups in total. The smallest absolute Gasteiger partial charge is 0.408 e. The van der Waals surface area contributed by atoms with Gasteiger partial charge in [0.1, 0.15) is 40.9 Å². The fraction of sp³-hybridized carbons (Fsp3) is 0.303. The quantitative estimate of drug-likeness (QED) is 0.101. The van der Waals surface area contributed by atoms with Crippen LogP contribution in [0.2, 0.25) is 0 Å². The number of fused-ring (bicyclic) bond motifs is 2. The highest BCUT2D eigenvalue weighted by Gasteiger charge is 2.21. The molecule has 1 amide bonds. The van der Waals surface area contributed by atoms with Crippen molar-refractivity contribution in [1.29, 1.82) is 0 Å². The van der Waals surface area contributed by atoms with Crippen molar-refractivity contribution in [2.45, 2.75) is 51.3 Å². The number of H-pyrrole nitrogens is 2. The lowest BCUT2D eigenvalue weighted by Crippen LogP contribution is -2.35. The highest BCUT2D eigenvalue weighted by Crippen LogP contribution is 2.21. The van der Waals surface area contributed by atoms with E-state index >= 15 is 0 Å². The highest BCUT2D eigenvalue weighted by molar-refractivity contribution is 5.82. The summed E-state index contributed by atoms with van der Waals surface area (Å²) in [5.41, 5.74) is 9.84. The van der Waals surface area contributed by atoms with E-state index in [4.69, 9.17) is 10.5 Å². The lowest BCUT2D eigenvalue weighted by Gasteiger charge is -2.24. The Labute approximate surface area is 280 Å². The third-order valence-corrected chi connectivity index (χ3v) is 7.18. The number of carbonyl (C=O) groups is 1. The molecule has 0 fully saturated rings. The lowest BCUT2D eigenvalue weighted by atomic mass is 10.0. The largest absolute Gasteiger partial charge is 0.444 e. The Bertz CT molecular complexity index is 1940. The van der Waals surface area contributed by atoms with E-state index in [1.54, 1.807) is 57.7 Å². The summed E-state index contributed by atoms with van der Waals surface area (Å²) in [7, 11) is 0. The molecular weight excluding hydrogens is 634 g/mol. The van der Waals surface area contributed by atoms with Crippen LogP contribution in [-0.2, 0) is 4.74 Å². The maximum atomic E-state index is 13.3. The average molecular weight is 673 g/mol. The first-order valence-corrected chi connectivity index (χ1v) is 15.6. The van der Waals surface area contributed by atoms with Gasteiger partial charge in [0.15, 0.2) is 22.9 Å². The lowest BCUT2D eigenvalue weighted by molar-refractivity contribution is 0.0502. The van der Waals surface area contributed by atoms with Gasteiger partial charge in [-0.2, -0.15) is 0 Å². The van der Waals surface area contributed by atoms with Crippen LogP contribution in [0.5, 0.6) is 0 Å². The Hall–Kier alpha value is -5.77. The van der Waals surface area contributed by atoms with Gasteiger partial charge in [0, 0.05) is 19.1 Å². The molecular formula is C33H38F2N12O2. The normalized spacial score (nSPS) is 12.5. The van der Waals surface area contributed by atoms with Gasteiger partial charge in [-0.15, -0.1) is 0 Å². The Morgan fingerprint density at radius 3 is 1.76 bits per heavy atom. The molecule has 0 spiro atoms. The molecule has 0 aliphatic rings. The number of imidazole rings is 2. The van der Waals surface area contributed by atoms with E-state index in [-0.39, 0.29) is 23.7 Å². The molecule has 2 atom stereocenters. The SMILES string of the molecule is CC(C)(C)OC(=O)NC(CCNc1ncnc2nc[nH]c12)c1ccc(F)cc1.NC(CCNc1ncnc2nc[nH]c12)c1ccc(F)cc1. The molecule has 0 aliphatic carbocycles. The summed E-state index contributed by atoms with van der Waals surface area (Å²) < 4.78 is 31.5. The number of hydrogen-bond donors (Lipinski definition) is 6. The summed E-state index contributed by atoms with van der Waals surface area (Å²) in [4.78, 5) is 42.9. The molecule has 2 unspecified atom stereocenters. The zero-order chi connectivity index (χ0) is 34.8. The van der Waals surface area contributed by atoms with Gasteiger partial charge in [0.2, 0.25) is 0 Å². The number of amides is 1. The number of aromatic nitrogens is 8. The van der Waals surface area contributed by atoms with Crippen molar-refractivity contribution in [2.24, 2.45) is 5.73 Å². The van der Waals surface area contributed by atoms with Crippen molar-refractivity contribution < 1.29 is 18.3 Å². The molecule has 0 radical (unpaired) electrons. The van der Waals surface area contributed by atoms with E-state index in [0.29, 0.717) is 54.4 Å². The maximum Gasteiger partial charge on any atom is 0.408 e. The molecule has 0 saturated carbocycles. The Morgan fingerprint density at radius 2 is 1.24 bits per heavy atom. The van der Waals surface area contributed by atoms with Gasteiger partial charge in [-0.05, 0) is 69.0 Å². The summed E-state index contributed by atoms with van der Waals surface area (Å²) in [6.45, 7) is 6.54. The van der Waals surface area contributed by atoms with Gasteiger partial charge in [0.05, 0.1) is 18.7 Å². The number of aromatic amines is 2. The third kappa shape index (κ3) is 9.87. The minimum absolute atomic E-state index is 0.155. The van der Waals surface area contributed by atoms with Crippen LogP contribution in [0.4, 0.5) is 25.2 Å². The minimum Gasteiger partial charge on any atom is -0.444 e. The van der Waals surface area contributed by atoms with E-state index in [0.717, 1.165) is 16.6 Å². The van der Waals surface area contributed by atoms with Crippen LogP contribution in [0.25, 0.3) is 22.3 Å². The highest BCUT2D eigenvalue weighted by atomic mass is 19.1. The summed E-state index contributed by atoms with van der Waals surface area (Å²) in [6.07, 6.45) is 6.73. The van der Waals surface area contributed by atoms with Crippen LogP contribution >= 0.6 is 0 Å². The monoisotopic (exact) mass is 672 g/mol. The van der Waals surface area contributed by atoms with E-state index in [2.05, 4.69) is 55.8 Å². The summed E-state index contributed by atoms with van der Waals surface area (Å²) in [6, 6.07) is 11.8. The summed E-state index contributed by atoms with van der Waals surface area (Å²) in [5, 5.41) is 9.28. The van der Waals surface area contributed by atoms with Crippen LogP contribution < -0.4 is 21.7 Å². The fourth-order valence-electron chi connectivity index (χ4n) is 4.82. The molecule has 14 nitrogen and oxygen atoms in total. The standard InChI is InChI=1S/C19H23FN6O2.C14H15FN6/c1-19(2,3)28-18(27)26-14(12-4-6-13(20)7-5-12)8-9-21-16-15-17(23-10-22-15)25-11-24-16;15-10-3-1-9(2-4-10)11(16)5-6-17-13-12-14(19-7-18-12)21-8-20-13/h4-7,10-11,14H,8-9H2,1-3H3,(H,26,27)(H2,21,22,23,24,25);1-4,7-8,11H,5-6,16H2,(H2,17,18,19,20,21). The zero-order valence-electron chi connectivity index (χ0n) is 27.2. The number of nitrogens with zero attached hydrogens (tertiary/aromatic N) is 6. The Morgan fingerprint density at radius 1 is 0.755 bits per heavy atom. The Kier molecular flexibility index (Phi) is 11.2. The van der Waals surface area contributed by atoms with E-state index in [1.165, 1.54) is 36.9 Å². The number of halogens is 2. The predicted molar refractivity (Wildman–Crippen MR) is 181 cm³/mol. The molecule has 2 aromatic carbocycles. The number of hydrogen-bond acceptors (Lipinski definition) is 11. The van der Waals surface area contributed by atoms with Crippen molar-refractivity contribution in [3.8, 4) is 0 Å². The number of nitrogens with one attached hydrogen (secondary N) is 5. The second kappa shape index (κ2) is 15.9. The number of benzene rings is 2. The molecule has 16 heteroatoms. The zero-order valence-corrected chi connectivity index (χ0v) is 27.2. The molecule has 0 aliphatic heterocycles. The van der Waals surface area contributed by atoms with Gasteiger partial charge in [-0.3, -0.25) is 0 Å². The number of carbonyl (C=O) groups excluding carboxylic acids is 1. The first-order valence-electron chi connectivity index (χ1n) is 15.6. The van der Waals surface area contributed by atoms with E-state index < -0.39 is 11.7 Å². The van der Waals surface area contributed by atoms with Crippen molar-refractivity contribution in [3.63, 3.8) is 0 Å². The van der Waals surface area contributed by atoms with Crippen molar-refractivity contribution in [1.82, 2.24) is 45.2 Å². The fourth-order valence-corrected chi connectivity index (χ4v) is 4.82. The first-order chi connectivity index (χ1) is 23.6. The van der Waals surface area contributed by atoms with Gasteiger partial charge < -0.3 is 36.4 Å². The Balaban J connectivity index is 0.000000199. The summed E-state index contributed by atoms with van der Waals surface area (Å²) in [5.74, 6) is 0.730. The average Bonchev–Trinajstić information content (AvgIpc) is 3.75. The topological polar surface area (TPSA) is 197 Å². The molecule has 6 rings (SSSR count). The second-order valence-corrected chi connectivity index (χ2v) is 12.0. The van der Waals surface area contributed by atoms with E-state index in [9.17, 15) is 13.6 Å². The molecule has 0 saturated heterocycles. The third-order valence-electron chi connectivity index (χ3n) is 7.18. The van der Waals surface area contributed by atoms with Crippen molar-refractivity contribution >= 4 is 40.1 Å². The minimum atomic E-state index is -0.608. The van der Waals surface area contributed by atoms with Crippen LogP contribution in [0.3, 0.4) is 0 Å². The predicted octanol–water partition coefficient (Wildman–Crippen LogP) is 5.55. The first kappa shape index (κ1) is 34.6. The van der Waals surface area contributed by atoms with Gasteiger partial charge >= 0.3 is 6.09 Å². The molecule has 0 bridgehead atoms. The molecule has 4 aromatic heterocycles.